The first-order valence-electron chi connectivity index (χ1n) is 48.0. The van der Waals surface area contributed by atoms with E-state index < -0.39 is 0 Å². The number of Topliss-reactive ketones (excluding diaryl/α,β-unsaturated/α-hetero) is 4. The Balaban J connectivity index is 0.000000153. The summed E-state index contributed by atoms with van der Waals surface area (Å²) in [5, 5.41) is 0. The van der Waals surface area contributed by atoms with Crippen LogP contribution in [-0.2, 0) is 19.2 Å². The lowest BCUT2D eigenvalue weighted by Crippen LogP contribution is -2.54. The van der Waals surface area contributed by atoms with Gasteiger partial charge in [-0.1, -0.05) is 113 Å². The second-order valence-electron chi connectivity index (χ2n) is 40.1. The van der Waals surface area contributed by atoms with Crippen LogP contribution in [0.1, 0.15) is 226 Å². The van der Waals surface area contributed by atoms with Crippen molar-refractivity contribution in [3.63, 3.8) is 0 Å². The molecule has 0 spiro atoms. The molecule has 4 fully saturated rings. The summed E-state index contributed by atoms with van der Waals surface area (Å²) in [6, 6.07) is 54.9. The van der Waals surface area contributed by atoms with Crippen molar-refractivity contribution in [2.24, 2.45) is 42.9 Å². The maximum atomic E-state index is 13.2. The van der Waals surface area contributed by atoms with Gasteiger partial charge in [0.1, 0.15) is 23.3 Å². The molecule has 4 amide bonds. The number of amides is 4. The monoisotopic (exact) mass is 1830 g/mol. The summed E-state index contributed by atoms with van der Waals surface area (Å²) < 4.78 is 0. The molecule has 4 saturated heterocycles. The molecular weight excluding hydrogens is 1700 g/mol. The van der Waals surface area contributed by atoms with E-state index >= 15 is 0 Å². The quantitative estimate of drug-likeness (QED) is 0.0698. The fourth-order valence-corrected chi connectivity index (χ4v) is 18.3. The highest BCUT2D eigenvalue weighted by Gasteiger charge is 2.34. The number of benzene rings is 8. The third kappa shape index (κ3) is 25.2. The summed E-state index contributed by atoms with van der Waals surface area (Å²) in [6.45, 7) is 47.0. The molecule has 712 valence electrons. The minimum atomic E-state index is 0.0677. The van der Waals surface area contributed by atoms with Gasteiger partial charge in [-0.2, -0.15) is 0 Å². The zero-order chi connectivity index (χ0) is 97.8. The molecule has 0 aliphatic carbocycles. The number of nitrogens with zero attached hydrogens (tertiary/aromatic N) is 12. The van der Waals surface area contributed by atoms with Crippen molar-refractivity contribution in [3.05, 3.63) is 237 Å². The second-order valence-corrected chi connectivity index (χ2v) is 40.1. The van der Waals surface area contributed by atoms with E-state index in [-0.39, 0.29) is 68.9 Å². The summed E-state index contributed by atoms with van der Waals surface area (Å²) in [5.41, 5.74) is 44.7. The van der Waals surface area contributed by atoms with Gasteiger partial charge in [-0.25, -0.2) is 20.0 Å². The molecule has 8 aromatic rings. The van der Waals surface area contributed by atoms with Gasteiger partial charge < -0.3 is 42.5 Å². The predicted molar refractivity (Wildman–Crippen MR) is 553 cm³/mol. The van der Waals surface area contributed by atoms with Crippen LogP contribution >= 0.6 is 0 Å². The van der Waals surface area contributed by atoms with Crippen molar-refractivity contribution in [2.75, 3.05) is 105 Å². The van der Waals surface area contributed by atoms with Crippen molar-refractivity contribution >= 4 is 117 Å². The molecule has 8 heterocycles. The molecule has 136 heavy (non-hydrogen) atoms. The van der Waals surface area contributed by atoms with Gasteiger partial charge in [-0.3, -0.25) is 58.0 Å². The number of amidine groups is 4. The van der Waals surface area contributed by atoms with Gasteiger partial charge in [0.15, 0.2) is 23.1 Å². The van der Waals surface area contributed by atoms with E-state index in [1.54, 1.807) is 0 Å². The summed E-state index contributed by atoms with van der Waals surface area (Å²) in [7, 11) is 0. The topological polar surface area (TPSA) is 316 Å². The number of carbonyl (C=O) groups is 8. The van der Waals surface area contributed by atoms with E-state index in [9.17, 15) is 38.4 Å². The maximum Gasteiger partial charge on any atom is 0.253 e. The number of aliphatic imine (C=N–C) groups is 4. The molecule has 24 heteroatoms. The van der Waals surface area contributed by atoms with E-state index in [0.29, 0.717) is 119 Å². The van der Waals surface area contributed by atoms with Gasteiger partial charge in [0.25, 0.3) is 23.6 Å². The number of nitrogens with two attached hydrogens (primary N) is 4. The molecule has 0 atom stereocenters. The Bertz CT molecular complexity index is 6110. The molecule has 24 nitrogen and oxygen atoms in total. The molecule has 0 unspecified atom stereocenters. The first kappa shape index (κ1) is 100. The highest BCUT2D eigenvalue weighted by molar-refractivity contribution is 6.10. The van der Waals surface area contributed by atoms with E-state index in [0.717, 1.165) is 194 Å². The number of ketones is 4. The van der Waals surface area contributed by atoms with Gasteiger partial charge in [0.2, 0.25) is 0 Å². The van der Waals surface area contributed by atoms with Crippen LogP contribution in [0.25, 0.3) is 68.8 Å². The zero-order valence-electron chi connectivity index (χ0n) is 82.4. The average Bonchev–Trinajstić information content (AvgIpc) is 1.61. The molecule has 0 aromatic heterocycles. The van der Waals surface area contributed by atoms with Crippen molar-refractivity contribution < 1.29 is 38.4 Å². The van der Waals surface area contributed by atoms with Crippen molar-refractivity contribution in [1.82, 2.24) is 39.2 Å². The van der Waals surface area contributed by atoms with Gasteiger partial charge in [0, 0.05) is 245 Å². The normalized spacial score (nSPS) is 16.9. The summed E-state index contributed by atoms with van der Waals surface area (Å²) in [5.74, 6) is 2.41. The molecule has 0 saturated carbocycles. The largest absolute Gasteiger partial charge is 0.387 e. The summed E-state index contributed by atoms with van der Waals surface area (Å²) >= 11 is 0. The Hall–Kier alpha value is -13.0. The van der Waals surface area contributed by atoms with Crippen molar-refractivity contribution in [3.8, 4) is 44.5 Å². The number of rotatable bonds is 16. The SMILES string of the molecule is CCC(=O)C1=Cc2cc(-c3ccc(C(=O)N4CCN(C(C)(C)C)CC4)cc3)ccc2N=C(N)C1.CCC(=O)C1=Cc2cc(-c3cccc(C(=O)N4CCN(C(C)(C)C)CC4)c3)ccc2N=C(N)C1.CCC(=O)C1=Cc2ccc(-c3ccc(C(=O)N4CCN(C(C)(C)C)CC4)cc3)cc2N=C(N)C1.CCC(=O)C1=Cc2ccc(-c3cccc(C(=O)N4CCN(C(C)(C)C)CC4)c3)cc2N=C(N)C1. The van der Waals surface area contributed by atoms with Crippen LogP contribution in [-0.4, -0.2) is 236 Å². The third-order valence-corrected chi connectivity index (χ3v) is 26.6. The minimum Gasteiger partial charge on any atom is -0.387 e. The smallest absolute Gasteiger partial charge is 0.253 e. The molecule has 8 aliphatic rings. The number of hydrogen-bond donors (Lipinski definition) is 4. The number of carbonyl (C=O) groups excluding carboxylic acids is 8. The van der Waals surface area contributed by atoms with Gasteiger partial charge in [-0.05, 0) is 237 Å². The van der Waals surface area contributed by atoms with E-state index in [1.165, 1.54) is 0 Å². The summed E-state index contributed by atoms with van der Waals surface area (Å²) in [6.07, 6.45) is 10.8. The Morgan fingerprint density at radius 1 is 0.250 bits per heavy atom. The highest BCUT2D eigenvalue weighted by atomic mass is 16.2. The van der Waals surface area contributed by atoms with E-state index in [1.807, 2.05) is 241 Å². The van der Waals surface area contributed by atoms with Gasteiger partial charge in [0.05, 0.1) is 22.7 Å². The van der Waals surface area contributed by atoms with Crippen LogP contribution in [0.5, 0.6) is 0 Å². The Labute approximate surface area is 803 Å². The van der Waals surface area contributed by atoms with Crippen LogP contribution in [0.2, 0.25) is 0 Å². The first-order valence-corrected chi connectivity index (χ1v) is 48.0. The Morgan fingerprint density at radius 3 is 0.757 bits per heavy atom. The molecule has 8 aromatic carbocycles. The molecule has 8 aliphatic heterocycles. The molecular formula is C112H136N16O8. The lowest BCUT2D eigenvalue weighted by molar-refractivity contribution is -0.116. The average molecular weight is 1830 g/mol. The van der Waals surface area contributed by atoms with Crippen LogP contribution < -0.4 is 22.9 Å². The highest BCUT2D eigenvalue weighted by Crippen LogP contribution is 2.39. The van der Waals surface area contributed by atoms with E-state index in [4.69, 9.17) is 22.9 Å². The third-order valence-electron chi connectivity index (χ3n) is 26.6. The van der Waals surface area contributed by atoms with Gasteiger partial charge >= 0.3 is 0 Å². The van der Waals surface area contributed by atoms with Gasteiger partial charge in [-0.15, -0.1) is 0 Å². The van der Waals surface area contributed by atoms with Crippen molar-refractivity contribution in [1.29, 1.82) is 0 Å². The minimum absolute atomic E-state index is 0.0677. The lowest BCUT2D eigenvalue weighted by atomic mass is 9.97. The lowest BCUT2D eigenvalue weighted by Gasteiger charge is -2.42. The summed E-state index contributed by atoms with van der Waals surface area (Å²) in [4.78, 5) is 137. The van der Waals surface area contributed by atoms with Crippen LogP contribution in [0.3, 0.4) is 0 Å². The van der Waals surface area contributed by atoms with Crippen LogP contribution in [0, 0.1) is 0 Å². The molecule has 8 N–H and O–H groups in total. The number of hydrogen-bond acceptors (Lipinski definition) is 20. The van der Waals surface area contributed by atoms with Crippen LogP contribution in [0.4, 0.5) is 22.7 Å². The fraction of sp³-hybridized carbons (Fsp3) is 0.393. The maximum absolute atomic E-state index is 13.2. The molecule has 0 bridgehead atoms. The molecule has 0 radical (unpaired) electrons. The Morgan fingerprint density at radius 2 is 0.478 bits per heavy atom. The van der Waals surface area contributed by atoms with Crippen molar-refractivity contribution in [2.45, 2.75) is 184 Å². The predicted octanol–water partition coefficient (Wildman–Crippen LogP) is 18.7. The number of piperazine rings is 4. The zero-order valence-corrected chi connectivity index (χ0v) is 82.4. The van der Waals surface area contributed by atoms with E-state index in [2.05, 4.69) is 123 Å². The molecule has 16 rings (SSSR count). The second kappa shape index (κ2) is 43.3. The first-order chi connectivity index (χ1) is 64.6. The van der Waals surface area contributed by atoms with Crippen LogP contribution in [0.15, 0.2) is 212 Å². The fourth-order valence-electron chi connectivity index (χ4n) is 18.3. The number of fused-ring (bicyclic) bond motifs is 4. The standard InChI is InChI=1S/4C28H34N4O2/c1-5-25(33)23-16-22-11-10-21(17-24(22)30-26(29)18-23)19-6-8-20(9-7-19)27(34)31-12-14-32(15-13-31)28(2,3)4;1-5-25(33)23-17-22-16-21(10-11-24(22)30-26(29)18-23)19-6-8-20(9-7-19)27(34)31-12-14-32(15-13-31)28(2,3)4;1-5-25(33)23-16-21-10-9-20(17-24(21)30-26(29)18-23)19-7-6-8-22(15-19)27(34)31-11-13-32(14-12-31)28(2,3)4;1-5-25(33)23-17-22-16-20(9-10-24(22)30-26(29)18-23)19-7-6-8-21(15-19)27(34)31-11-13-32(14-12-31)28(2,3)4/h2*6-11,16-17H,5,12-15,18H2,1-4H3,(H2,29,30);2*6-10,15-17H,5,11-14,18H2,1-4H3,(H2,29,30). The Kier molecular flexibility index (Phi) is 32.0.